The van der Waals surface area contributed by atoms with Gasteiger partial charge in [-0.1, -0.05) is 11.6 Å². The zero-order valence-electron chi connectivity index (χ0n) is 9.65. The molecule has 18 heavy (non-hydrogen) atoms. The average molecular weight is 295 g/mol. The second-order valence-electron chi connectivity index (χ2n) is 3.57. The molecule has 0 saturated heterocycles. The van der Waals surface area contributed by atoms with Gasteiger partial charge in [0.05, 0.1) is 22.8 Å². The molecule has 0 aromatic heterocycles. The van der Waals surface area contributed by atoms with Crippen LogP contribution in [-0.4, -0.2) is 27.2 Å². The number of esters is 1. The Labute approximate surface area is 110 Å². The van der Waals surface area contributed by atoms with E-state index in [0.29, 0.717) is 0 Å². The lowest BCUT2D eigenvalue weighted by atomic mass is 10.3. The molecular weight excluding hydrogens is 283 g/mol. The van der Waals surface area contributed by atoms with Crippen LogP contribution in [0.15, 0.2) is 23.1 Å². The molecule has 0 spiro atoms. The van der Waals surface area contributed by atoms with Gasteiger partial charge in [-0.05, 0) is 24.6 Å². The van der Waals surface area contributed by atoms with Gasteiger partial charge in [0.25, 0.3) is 0 Å². The maximum atomic E-state index is 12.9. The van der Waals surface area contributed by atoms with Crippen molar-refractivity contribution >= 4 is 27.4 Å². The summed E-state index contributed by atoms with van der Waals surface area (Å²) in [4.78, 5) is 10.8. The number of halogens is 2. The van der Waals surface area contributed by atoms with Crippen molar-refractivity contribution in [2.45, 2.75) is 17.7 Å². The molecule has 0 saturated carbocycles. The van der Waals surface area contributed by atoms with E-state index < -0.39 is 21.6 Å². The first kappa shape index (κ1) is 14.9. The molecule has 0 radical (unpaired) electrons. The van der Waals surface area contributed by atoms with E-state index >= 15 is 0 Å². The van der Waals surface area contributed by atoms with Gasteiger partial charge in [-0.2, -0.15) is 0 Å². The van der Waals surface area contributed by atoms with Gasteiger partial charge in [-0.25, -0.2) is 12.8 Å². The van der Waals surface area contributed by atoms with Gasteiger partial charge in [-0.15, -0.1) is 0 Å². The zero-order valence-corrected chi connectivity index (χ0v) is 11.2. The van der Waals surface area contributed by atoms with E-state index in [1.54, 1.807) is 0 Å². The van der Waals surface area contributed by atoms with E-state index in [0.717, 1.165) is 18.2 Å². The first-order valence-electron chi connectivity index (χ1n) is 5.11. The van der Waals surface area contributed by atoms with Gasteiger partial charge in [0.1, 0.15) is 5.82 Å². The van der Waals surface area contributed by atoms with Gasteiger partial charge in [0.2, 0.25) is 0 Å². The molecule has 0 bridgehead atoms. The number of sulfone groups is 1. The van der Waals surface area contributed by atoms with Crippen LogP contribution in [0.25, 0.3) is 0 Å². The van der Waals surface area contributed by atoms with Crippen LogP contribution in [0.5, 0.6) is 0 Å². The number of methoxy groups -OCH3 is 1. The summed E-state index contributed by atoms with van der Waals surface area (Å²) in [6, 6.07) is 3.20. The van der Waals surface area contributed by atoms with E-state index in [1.165, 1.54) is 7.11 Å². The topological polar surface area (TPSA) is 60.4 Å². The Bertz CT molecular complexity index is 542. The molecule has 100 valence electrons. The molecule has 4 nitrogen and oxygen atoms in total. The van der Waals surface area contributed by atoms with E-state index in [4.69, 9.17) is 11.6 Å². The third-order valence-corrected chi connectivity index (χ3v) is 4.36. The Morgan fingerprint density at radius 2 is 2.11 bits per heavy atom. The summed E-state index contributed by atoms with van der Waals surface area (Å²) in [5.74, 6) is -1.36. The lowest BCUT2D eigenvalue weighted by Gasteiger charge is -2.05. The van der Waals surface area contributed by atoms with Crippen molar-refractivity contribution < 1.29 is 22.3 Å². The molecule has 1 rings (SSSR count). The van der Waals surface area contributed by atoms with E-state index in [9.17, 15) is 17.6 Å². The maximum absolute atomic E-state index is 12.9. The highest BCUT2D eigenvalue weighted by Gasteiger charge is 2.16. The van der Waals surface area contributed by atoms with Gasteiger partial charge in [0.15, 0.2) is 9.84 Å². The Morgan fingerprint density at radius 1 is 1.44 bits per heavy atom. The number of carbonyl (C=O) groups excluding carboxylic acids is 1. The van der Waals surface area contributed by atoms with E-state index in [2.05, 4.69) is 4.74 Å². The molecule has 0 aliphatic heterocycles. The van der Waals surface area contributed by atoms with Crippen molar-refractivity contribution in [2.24, 2.45) is 0 Å². The third kappa shape index (κ3) is 3.96. The molecule has 0 aliphatic rings. The highest BCUT2D eigenvalue weighted by molar-refractivity contribution is 7.91. The summed E-state index contributed by atoms with van der Waals surface area (Å²) in [5, 5.41) is -0.246. The second kappa shape index (κ2) is 6.15. The Balaban J connectivity index is 2.74. The van der Waals surface area contributed by atoms with Crippen molar-refractivity contribution in [2.75, 3.05) is 12.9 Å². The van der Waals surface area contributed by atoms with Crippen LogP contribution in [0.2, 0.25) is 5.02 Å². The van der Waals surface area contributed by atoms with Crippen molar-refractivity contribution in [3.63, 3.8) is 0 Å². The van der Waals surface area contributed by atoms with Crippen molar-refractivity contribution in [3.05, 3.63) is 29.0 Å². The van der Waals surface area contributed by atoms with Crippen LogP contribution < -0.4 is 0 Å². The number of hydrogen-bond acceptors (Lipinski definition) is 4. The van der Waals surface area contributed by atoms with Gasteiger partial charge in [-0.3, -0.25) is 4.79 Å². The minimum atomic E-state index is -3.56. The normalized spacial score (nSPS) is 11.3. The lowest BCUT2D eigenvalue weighted by Crippen LogP contribution is -2.09. The van der Waals surface area contributed by atoms with Crippen LogP contribution >= 0.6 is 11.6 Å². The molecule has 0 atom stereocenters. The molecule has 0 fully saturated rings. The second-order valence-corrected chi connectivity index (χ2v) is 6.09. The van der Waals surface area contributed by atoms with Crippen molar-refractivity contribution in [1.29, 1.82) is 0 Å². The lowest BCUT2D eigenvalue weighted by molar-refractivity contribution is -0.140. The number of carbonyl (C=O) groups is 1. The first-order valence-corrected chi connectivity index (χ1v) is 7.14. The molecule has 0 heterocycles. The van der Waals surface area contributed by atoms with E-state index in [1.807, 2.05) is 0 Å². The van der Waals surface area contributed by atoms with Crippen LogP contribution in [0.1, 0.15) is 12.8 Å². The summed E-state index contributed by atoms with van der Waals surface area (Å²) in [7, 11) is -2.33. The Kier molecular flexibility index (Phi) is 5.10. The Morgan fingerprint density at radius 3 is 2.67 bits per heavy atom. The molecular formula is C11H12ClFO4S. The standard InChI is InChI=1S/C11H12ClFO4S/c1-17-11(14)3-2-6-18(15,16)8-4-5-10(13)9(12)7-8/h4-5,7H,2-3,6H2,1H3. The predicted molar refractivity (Wildman–Crippen MR) is 64.7 cm³/mol. The third-order valence-electron chi connectivity index (χ3n) is 2.27. The fraction of sp³-hybridized carbons (Fsp3) is 0.364. The SMILES string of the molecule is COC(=O)CCCS(=O)(=O)c1ccc(F)c(Cl)c1. The van der Waals surface area contributed by atoms with Crippen LogP contribution in [0, 0.1) is 5.82 Å². The molecule has 0 amide bonds. The van der Waals surface area contributed by atoms with Crippen LogP contribution in [0.4, 0.5) is 4.39 Å². The molecule has 0 N–H and O–H groups in total. The number of hydrogen-bond donors (Lipinski definition) is 0. The van der Waals surface area contributed by atoms with Gasteiger partial charge >= 0.3 is 5.97 Å². The monoisotopic (exact) mass is 294 g/mol. The minimum Gasteiger partial charge on any atom is -0.469 e. The highest BCUT2D eigenvalue weighted by Crippen LogP contribution is 2.20. The smallest absolute Gasteiger partial charge is 0.305 e. The first-order chi connectivity index (χ1) is 8.36. The summed E-state index contributed by atoms with van der Waals surface area (Å²) in [6.45, 7) is 0. The minimum absolute atomic E-state index is 0.0185. The quantitative estimate of drug-likeness (QED) is 0.617. The van der Waals surface area contributed by atoms with Crippen LogP contribution in [0.3, 0.4) is 0 Å². The molecule has 0 unspecified atom stereocenters. The van der Waals surface area contributed by atoms with E-state index in [-0.39, 0.29) is 28.5 Å². The molecule has 7 heteroatoms. The molecule has 1 aromatic rings. The van der Waals surface area contributed by atoms with Crippen molar-refractivity contribution in [1.82, 2.24) is 0 Å². The van der Waals surface area contributed by atoms with Gasteiger partial charge < -0.3 is 4.74 Å². The summed E-state index contributed by atoms with van der Waals surface area (Å²) < 4.78 is 41.0. The predicted octanol–water partition coefficient (Wildman–Crippen LogP) is 2.21. The van der Waals surface area contributed by atoms with Gasteiger partial charge in [0, 0.05) is 6.42 Å². The summed E-state index contributed by atoms with van der Waals surface area (Å²) >= 11 is 5.51. The fourth-order valence-corrected chi connectivity index (χ4v) is 2.87. The highest BCUT2D eigenvalue weighted by atomic mass is 35.5. The zero-order chi connectivity index (χ0) is 13.8. The largest absolute Gasteiger partial charge is 0.469 e. The fourth-order valence-electron chi connectivity index (χ4n) is 1.30. The summed E-state index contributed by atoms with van der Waals surface area (Å²) in [6.07, 6.45) is 0.161. The van der Waals surface area contributed by atoms with Crippen LogP contribution in [-0.2, 0) is 19.4 Å². The van der Waals surface area contributed by atoms with Crippen molar-refractivity contribution in [3.8, 4) is 0 Å². The maximum Gasteiger partial charge on any atom is 0.305 e. The number of rotatable bonds is 5. The number of benzene rings is 1. The average Bonchev–Trinajstić information content (AvgIpc) is 2.32. The summed E-state index contributed by atoms with van der Waals surface area (Å²) in [5.41, 5.74) is 0. The Hall–Kier alpha value is -1.14. The number of ether oxygens (including phenoxy) is 1. The molecule has 0 aliphatic carbocycles. The molecule has 1 aromatic carbocycles.